The molecule has 5 aromatic rings. The second-order valence-electron chi connectivity index (χ2n) is 11.1. The van der Waals surface area contributed by atoms with E-state index in [1.165, 1.54) is 5.56 Å². The molecular weight excluding hydrogens is 512 g/mol. The second-order valence-corrected chi connectivity index (χ2v) is 11.1. The number of aliphatic carboxylic acids is 1. The smallest absolute Gasteiger partial charge is 0.326 e. The van der Waals surface area contributed by atoms with Crippen LogP contribution in [0.2, 0.25) is 0 Å². The van der Waals surface area contributed by atoms with E-state index in [1.807, 2.05) is 84.9 Å². The first kappa shape index (κ1) is 27.6. The summed E-state index contributed by atoms with van der Waals surface area (Å²) in [5.41, 5.74) is 4.33. The van der Waals surface area contributed by atoms with Gasteiger partial charge in [0.1, 0.15) is 23.2 Å². The van der Waals surface area contributed by atoms with Crippen molar-refractivity contribution in [3.63, 3.8) is 0 Å². The van der Waals surface area contributed by atoms with Gasteiger partial charge >= 0.3 is 5.97 Å². The molecule has 1 unspecified atom stereocenters. The average molecular weight is 545 g/mol. The lowest BCUT2D eigenvalue weighted by atomic mass is 9.87. The number of fused-ring (bicyclic) bond motifs is 1. The van der Waals surface area contributed by atoms with Gasteiger partial charge in [0.25, 0.3) is 5.91 Å². The molecule has 0 saturated carbocycles. The van der Waals surface area contributed by atoms with Crippen LogP contribution in [0.5, 0.6) is 11.5 Å². The van der Waals surface area contributed by atoms with Gasteiger partial charge in [-0.05, 0) is 69.5 Å². The fourth-order valence-electron chi connectivity index (χ4n) is 4.60. The van der Waals surface area contributed by atoms with Gasteiger partial charge in [0.05, 0.1) is 0 Å². The van der Waals surface area contributed by atoms with E-state index in [-0.39, 0.29) is 17.5 Å². The van der Waals surface area contributed by atoms with Gasteiger partial charge in [-0.15, -0.1) is 0 Å². The Labute approximate surface area is 239 Å². The number of hydrogen-bond acceptors (Lipinski definition) is 4. The number of nitrogens with zero attached hydrogens (tertiary/aromatic N) is 1. The number of nitrogens with one attached hydrogen (secondary N) is 1. The summed E-state index contributed by atoms with van der Waals surface area (Å²) in [7, 11) is 0. The fraction of sp³-hybridized carbons (Fsp3) is 0.171. The van der Waals surface area contributed by atoms with Crippen LogP contribution in [0, 0.1) is 0 Å². The Balaban J connectivity index is 1.28. The summed E-state index contributed by atoms with van der Waals surface area (Å²) < 4.78 is 6.05. The second kappa shape index (κ2) is 11.6. The van der Waals surface area contributed by atoms with Gasteiger partial charge in [0.15, 0.2) is 0 Å². The lowest BCUT2D eigenvalue weighted by Crippen LogP contribution is -2.42. The van der Waals surface area contributed by atoms with Crippen LogP contribution < -0.4 is 10.1 Å². The van der Waals surface area contributed by atoms with Crippen LogP contribution in [0.15, 0.2) is 109 Å². The minimum absolute atomic E-state index is 0.0537. The SMILES string of the molecule is CC(C)(C)c1ccc(Oc2ccc3cnc(C(=O)NC(Cc4ccc(-c5ccccc5)cc4)C(=O)O)cc3c2)cc1. The van der Waals surface area contributed by atoms with Gasteiger partial charge in [-0.25, -0.2) is 4.79 Å². The molecule has 0 spiro atoms. The Morgan fingerprint density at radius 2 is 1.46 bits per heavy atom. The first-order valence-corrected chi connectivity index (χ1v) is 13.5. The van der Waals surface area contributed by atoms with E-state index in [9.17, 15) is 14.7 Å². The lowest BCUT2D eigenvalue weighted by Gasteiger charge is -2.19. The Morgan fingerprint density at radius 1 is 0.805 bits per heavy atom. The molecule has 1 atom stereocenters. The molecule has 0 aliphatic rings. The lowest BCUT2D eigenvalue weighted by molar-refractivity contribution is -0.139. The van der Waals surface area contributed by atoms with Crippen LogP contribution >= 0.6 is 0 Å². The zero-order valence-electron chi connectivity index (χ0n) is 23.3. The van der Waals surface area contributed by atoms with Crippen LogP contribution in [0.1, 0.15) is 42.4 Å². The highest BCUT2D eigenvalue weighted by molar-refractivity contribution is 5.98. The molecule has 0 radical (unpaired) electrons. The predicted octanol–water partition coefficient (Wildman–Crippen LogP) is 7.42. The molecule has 1 heterocycles. The highest BCUT2D eigenvalue weighted by atomic mass is 16.5. The van der Waals surface area contributed by atoms with E-state index in [0.29, 0.717) is 11.5 Å². The highest BCUT2D eigenvalue weighted by Gasteiger charge is 2.22. The fourth-order valence-corrected chi connectivity index (χ4v) is 4.60. The third-order valence-electron chi connectivity index (χ3n) is 6.99. The number of pyridine rings is 1. The van der Waals surface area contributed by atoms with Gasteiger partial charge < -0.3 is 15.2 Å². The molecule has 0 fully saturated rings. The molecular formula is C35H32N2O4. The molecule has 0 bridgehead atoms. The molecule has 6 nitrogen and oxygen atoms in total. The normalized spacial score (nSPS) is 12.1. The van der Waals surface area contributed by atoms with E-state index < -0.39 is 17.9 Å². The van der Waals surface area contributed by atoms with Crippen molar-refractivity contribution >= 4 is 22.6 Å². The number of benzene rings is 4. The van der Waals surface area contributed by atoms with Crippen molar-refractivity contribution in [2.75, 3.05) is 0 Å². The third-order valence-corrected chi connectivity index (χ3v) is 6.99. The van der Waals surface area contributed by atoms with Gasteiger partial charge in [-0.1, -0.05) is 87.5 Å². The first-order valence-electron chi connectivity index (χ1n) is 13.5. The van der Waals surface area contributed by atoms with Crippen molar-refractivity contribution < 1.29 is 19.4 Å². The Morgan fingerprint density at radius 3 is 2.12 bits per heavy atom. The number of amides is 1. The van der Waals surface area contributed by atoms with Crippen molar-refractivity contribution in [2.45, 2.75) is 38.6 Å². The molecule has 2 N–H and O–H groups in total. The first-order chi connectivity index (χ1) is 19.7. The van der Waals surface area contributed by atoms with E-state index in [0.717, 1.165) is 27.5 Å². The number of carboxylic acid groups (broad SMARTS) is 1. The molecule has 1 amide bonds. The molecule has 1 aromatic heterocycles. The molecule has 41 heavy (non-hydrogen) atoms. The summed E-state index contributed by atoms with van der Waals surface area (Å²) in [5, 5.41) is 14.1. The van der Waals surface area contributed by atoms with Gasteiger partial charge in [-0.3, -0.25) is 9.78 Å². The summed E-state index contributed by atoms with van der Waals surface area (Å²) in [5.74, 6) is -0.324. The van der Waals surface area contributed by atoms with E-state index >= 15 is 0 Å². The third kappa shape index (κ3) is 6.79. The number of hydrogen-bond donors (Lipinski definition) is 2. The van der Waals surface area contributed by atoms with Crippen LogP contribution in [0.25, 0.3) is 21.9 Å². The maximum absolute atomic E-state index is 13.1. The number of ether oxygens (including phenoxy) is 1. The Bertz CT molecular complexity index is 1670. The summed E-state index contributed by atoms with van der Waals surface area (Å²) in [6.45, 7) is 6.49. The summed E-state index contributed by atoms with van der Waals surface area (Å²) in [4.78, 5) is 29.3. The van der Waals surface area contributed by atoms with Crippen molar-refractivity contribution in [1.82, 2.24) is 10.3 Å². The molecule has 0 aliphatic heterocycles. The van der Waals surface area contributed by atoms with Crippen LogP contribution in [-0.4, -0.2) is 28.0 Å². The van der Waals surface area contributed by atoms with Crippen LogP contribution in [0.4, 0.5) is 0 Å². The molecule has 0 saturated heterocycles. The van der Waals surface area contributed by atoms with Gasteiger partial charge in [0, 0.05) is 18.0 Å². The molecule has 206 valence electrons. The number of rotatable bonds is 8. The van der Waals surface area contributed by atoms with E-state index in [1.54, 1.807) is 12.3 Å². The summed E-state index contributed by atoms with van der Waals surface area (Å²) in [6, 6.07) is 31.7. The zero-order valence-corrected chi connectivity index (χ0v) is 23.3. The minimum atomic E-state index is -1.11. The van der Waals surface area contributed by atoms with E-state index in [2.05, 4.69) is 43.2 Å². The van der Waals surface area contributed by atoms with Gasteiger partial charge in [-0.2, -0.15) is 0 Å². The standard InChI is InChI=1S/C35H32N2O4/c1-35(2,3)28-14-17-29(18-15-28)41-30-16-13-26-22-36-31(21-27(26)20-30)33(38)37-32(34(39)40)19-23-9-11-25(12-10-23)24-7-5-4-6-8-24/h4-18,20-22,32H,19H2,1-3H3,(H,37,38)(H,39,40). The van der Waals surface area contributed by atoms with Gasteiger partial charge in [0.2, 0.25) is 0 Å². The van der Waals surface area contributed by atoms with Crippen molar-refractivity contribution in [2.24, 2.45) is 0 Å². The Kier molecular flexibility index (Phi) is 7.83. The largest absolute Gasteiger partial charge is 0.480 e. The van der Waals surface area contributed by atoms with Crippen LogP contribution in [-0.2, 0) is 16.6 Å². The monoisotopic (exact) mass is 544 g/mol. The highest BCUT2D eigenvalue weighted by Crippen LogP contribution is 2.29. The maximum atomic E-state index is 13.1. The topological polar surface area (TPSA) is 88.5 Å². The van der Waals surface area contributed by atoms with Crippen molar-refractivity contribution in [1.29, 1.82) is 0 Å². The van der Waals surface area contributed by atoms with Crippen molar-refractivity contribution in [3.8, 4) is 22.6 Å². The number of carbonyl (C=O) groups excluding carboxylic acids is 1. The van der Waals surface area contributed by atoms with Crippen molar-refractivity contribution in [3.05, 3.63) is 126 Å². The molecule has 4 aromatic carbocycles. The number of carboxylic acids is 1. The Hall–Kier alpha value is -4.97. The molecule has 0 aliphatic carbocycles. The van der Waals surface area contributed by atoms with E-state index in [4.69, 9.17) is 4.74 Å². The maximum Gasteiger partial charge on any atom is 0.326 e. The molecule has 6 heteroatoms. The summed E-state index contributed by atoms with van der Waals surface area (Å²) in [6.07, 6.45) is 1.75. The average Bonchev–Trinajstić information content (AvgIpc) is 2.97. The minimum Gasteiger partial charge on any atom is -0.480 e. The number of aromatic nitrogens is 1. The van der Waals surface area contributed by atoms with Crippen LogP contribution in [0.3, 0.4) is 0 Å². The number of carbonyl (C=O) groups is 2. The zero-order chi connectivity index (χ0) is 29.0. The predicted molar refractivity (Wildman–Crippen MR) is 161 cm³/mol. The summed E-state index contributed by atoms with van der Waals surface area (Å²) >= 11 is 0. The quantitative estimate of drug-likeness (QED) is 0.212. The molecule has 5 rings (SSSR count).